The highest BCUT2D eigenvalue weighted by atomic mass is 16.4. The standard InChI is InChI=1S/C17H18O5/c1-10-11(6-3-2-4-9-14(19)20)17(22)15-12(16(10)21)7-5-8-13(15)18/h3,5-8,18,21-22H,2,4,9H2,1H3,(H,19,20)/b6-3+. The van der Waals surface area contributed by atoms with Gasteiger partial charge in [0, 0.05) is 22.9 Å². The monoisotopic (exact) mass is 302 g/mol. The molecule has 116 valence electrons. The SMILES string of the molecule is Cc1c(/C=C/CCCC(=O)O)c(O)c2c(O)cccc2c1O. The van der Waals surface area contributed by atoms with Gasteiger partial charge in [0.25, 0.3) is 0 Å². The number of allylic oxidation sites excluding steroid dienone is 1. The zero-order valence-electron chi connectivity index (χ0n) is 12.2. The quantitative estimate of drug-likeness (QED) is 0.500. The number of carboxylic acids is 1. The van der Waals surface area contributed by atoms with Crippen LogP contribution in [0.4, 0.5) is 0 Å². The molecule has 0 amide bonds. The third-order valence-electron chi connectivity index (χ3n) is 3.59. The lowest BCUT2D eigenvalue weighted by molar-refractivity contribution is -0.137. The van der Waals surface area contributed by atoms with Crippen LogP contribution in [0.15, 0.2) is 24.3 Å². The van der Waals surface area contributed by atoms with Crippen molar-refractivity contribution in [3.63, 3.8) is 0 Å². The summed E-state index contributed by atoms with van der Waals surface area (Å²) < 4.78 is 0. The number of phenolic OH excluding ortho intramolecular Hbond substituents is 3. The normalized spacial score (nSPS) is 11.3. The van der Waals surface area contributed by atoms with Gasteiger partial charge in [-0.1, -0.05) is 24.3 Å². The van der Waals surface area contributed by atoms with E-state index >= 15 is 0 Å². The Kier molecular flexibility index (Phi) is 4.56. The van der Waals surface area contributed by atoms with Crippen molar-refractivity contribution in [3.8, 4) is 17.2 Å². The predicted octanol–water partition coefficient (Wildman–Crippen LogP) is 3.53. The summed E-state index contributed by atoms with van der Waals surface area (Å²) in [6.45, 7) is 1.68. The van der Waals surface area contributed by atoms with Crippen LogP contribution in [0, 0.1) is 6.92 Å². The number of unbranched alkanes of at least 4 members (excludes halogenated alkanes) is 1. The molecule has 2 aromatic rings. The molecule has 0 fully saturated rings. The third kappa shape index (κ3) is 2.98. The maximum Gasteiger partial charge on any atom is 0.303 e. The summed E-state index contributed by atoms with van der Waals surface area (Å²) in [5, 5.41) is 39.7. The second-order valence-corrected chi connectivity index (χ2v) is 5.12. The molecule has 0 radical (unpaired) electrons. The number of aromatic hydroxyl groups is 3. The number of hydrogen-bond acceptors (Lipinski definition) is 4. The minimum absolute atomic E-state index is 0.00823. The number of phenols is 3. The van der Waals surface area contributed by atoms with Gasteiger partial charge in [-0.3, -0.25) is 4.79 Å². The van der Waals surface area contributed by atoms with Crippen LogP contribution in [0.2, 0.25) is 0 Å². The Balaban J connectivity index is 2.40. The van der Waals surface area contributed by atoms with Gasteiger partial charge in [0.2, 0.25) is 0 Å². The van der Waals surface area contributed by atoms with Crippen LogP contribution in [0.25, 0.3) is 16.8 Å². The fraction of sp³-hybridized carbons (Fsp3) is 0.235. The fourth-order valence-electron chi connectivity index (χ4n) is 2.40. The molecule has 0 saturated heterocycles. The van der Waals surface area contributed by atoms with E-state index in [0.29, 0.717) is 29.4 Å². The van der Waals surface area contributed by atoms with Crippen molar-refractivity contribution in [3.05, 3.63) is 35.4 Å². The number of fused-ring (bicyclic) bond motifs is 1. The van der Waals surface area contributed by atoms with E-state index < -0.39 is 5.97 Å². The highest BCUT2D eigenvalue weighted by molar-refractivity contribution is 6.01. The van der Waals surface area contributed by atoms with E-state index in [9.17, 15) is 20.1 Å². The molecule has 4 N–H and O–H groups in total. The Labute approximate surface area is 127 Å². The van der Waals surface area contributed by atoms with Crippen molar-refractivity contribution in [1.29, 1.82) is 0 Å². The number of benzene rings is 2. The van der Waals surface area contributed by atoms with Crippen LogP contribution in [-0.4, -0.2) is 26.4 Å². The van der Waals surface area contributed by atoms with Crippen LogP contribution in [-0.2, 0) is 4.79 Å². The van der Waals surface area contributed by atoms with Gasteiger partial charge in [-0.05, 0) is 25.8 Å². The molecule has 0 aliphatic carbocycles. The Morgan fingerprint density at radius 3 is 2.59 bits per heavy atom. The highest BCUT2D eigenvalue weighted by Crippen LogP contribution is 2.43. The zero-order valence-corrected chi connectivity index (χ0v) is 12.2. The van der Waals surface area contributed by atoms with Crippen molar-refractivity contribution in [2.24, 2.45) is 0 Å². The van der Waals surface area contributed by atoms with Gasteiger partial charge in [0.05, 0.1) is 5.39 Å². The van der Waals surface area contributed by atoms with Gasteiger partial charge in [-0.15, -0.1) is 0 Å². The Morgan fingerprint density at radius 1 is 1.18 bits per heavy atom. The molecule has 0 unspecified atom stereocenters. The van der Waals surface area contributed by atoms with Gasteiger partial charge in [0.1, 0.15) is 17.2 Å². The highest BCUT2D eigenvalue weighted by Gasteiger charge is 2.16. The molecule has 5 heteroatoms. The molecular weight excluding hydrogens is 284 g/mol. The molecule has 22 heavy (non-hydrogen) atoms. The summed E-state index contributed by atoms with van der Waals surface area (Å²) in [5.41, 5.74) is 0.923. The average Bonchev–Trinajstić information content (AvgIpc) is 2.47. The second kappa shape index (κ2) is 6.39. The minimum atomic E-state index is -0.847. The predicted molar refractivity (Wildman–Crippen MR) is 84.2 cm³/mol. The van der Waals surface area contributed by atoms with Crippen molar-refractivity contribution in [2.75, 3.05) is 0 Å². The van der Waals surface area contributed by atoms with E-state index in [-0.39, 0.29) is 29.1 Å². The van der Waals surface area contributed by atoms with E-state index in [2.05, 4.69) is 0 Å². The third-order valence-corrected chi connectivity index (χ3v) is 3.59. The number of hydrogen-bond donors (Lipinski definition) is 4. The number of carbonyl (C=O) groups is 1. The molecule has 5 nitrogen and oxygen atoms in total. The van der Waals surface area contributed by atoms with E-state index in [1.807, 2.05) is 0 Å². The van der Waals surface area contributed by atoms with E-state index in [1.54, 1.807) is 31.2 Å². The molecule has 0 aliphatic heterocycles. The number of aliphatic carboxylic acids is 1. The van der Waals surface area contributed by atoms with Gasteiger partial charge in [-0.2, -0.15) is 0 Å². The minimum Gasteiger partial charge on any atom is -0.507 e. The fourth-order valence-corrected chi connectivity index (χ4v) is 2.40. The molecule has 0 aliphatic rings. The zero-order chi connectivity index (χ0) is 16.3. The van der Waals surface area contributed by atoms with Crippen LogP contribution >= 0.6 is 0 Å². The summed E-state index contributed by atoms with van der Waals surface area (Å²) in [6, 6.07) is 4.66. The number of carboxylic acid groups (broad SMARTS) is 1. The summed E-state index contributed by atoms with van der Waals surface area (Å²) in [4.78, 5) is 10.4. The molecule has 0 bridgehead atoms. The maximum absolute atomic E-state index is 10.4. The Hall–Kier alpha value is -2.69. The van der Waals surface area contributed by atoms with E-state index in [4.69, 9.17) is 5.11 Å². The smallest absolute Gasteiger partial charge is 0.303 e. The largest absolute Gasteiger partial charge is 0.507 e. The first-order valence-corrected chi connectivity index (χ1v) is 6.98. The molecule has 0 spiro atoms. The molecule has 2 aromatic carbocycles. The molecular formula is C17H18O5. The van der Waals surface area contributed by atoms with Gasteiger partial charge in [-0.25, -0.2) is 0 Å². The van der Waals surface area contributed by atoms with Crippen LogP contribution < -0.4 is 0 Å². The summed E-state index contributed by atoms with van der Waals surface area (Å²) in [7, 11) is 0. The molecule has 2 rings (SSSR count). The van der Waals surface area contributed by atoms with Gasteiger partial charge < -0.3 is 20.4 Å². The van der Waals surface area contributed by atoms with E-state index in [0.717, 1.165) is 0 Å². The lowest BCUT2D eigenvalue weighted by atomic mass is 9.97. The Morgan fingerprint density at radius 2 is 1.91 bits per heavy atom. The van der Waals surface area contributed by atoms with Crippen molar-refractivity contribution >= 4 is 22.8 Å². The van der Waals surface area contributed by atoms with Crippen LogP contribution in [0.5, 0.6) is 17.2 Å². The molecule has 0 heterocycles. The summed E-state index contributed by atoms with van der Waals surface area (Å²) in [5.74, 6) is -1.04. The number of rotatable bonds is 5. The average molecular weight is 302 g/mol. The lowest BCUT2D eigenvalue weighted by Gasteiger charge is -2.12. The molecule has 0 aromatic heterocycles. The van der Waals surface area contributed by atoms with Crippen molar-refractivity contribution in [1.82, 2.24) is 0 Å². The molecule has 0 atom stereocenters. The van der Waals surface area contributed by atoms with Crippen LogP contribution in [0.3, 0.4) is 0 Å². The summed E-state index contributed by atoms with van der Waals surface area (Å²) >= 11 is 0. The second-order valence-electron chi connectivity index (χ2n) is 5.12. The molecule has 0 saturated carbocycles. The maximum atomic E-state index is 10.4. The first kappa shape index (κ1) is 15.7. The Bertz CT molecular complexity index is 747. The van der Waals surface area contributed by atoms with Crippen molar-refractivity contribution < 1.29 is 25.2 Å². The first-order chi connectivity index (χ1) is 10.4. The summed E-state index contributed by atoms with van der Waals surface area (Å²) in [6.07, 6.45) is 4.51. The lowest BCUT2D eigenvalue weighted by Crippen LogP contribution is -1.92. The van der Waals surface area contributed by atoms with Crippen LogP contribution in [0.1, 0.15) is 30.4 Å². The first-order valence-electron chi connectivity index (χ1n) is 6.98. The van der Waals surface area contributed by atoms with E-state index in [1.165, 1.54) is 6.07 Å². The van der Waals surface area contributed by atoms with Crippen molar-refractivity contribution in [2.45, 2.75) is 26.2 Å². The van der Waals surface area contributed by atoms with Gasteiger partial charge in [0.15, 0.2) is 0 Å². The van der Waals surface area contributed by atoms with Gasteiger partial charge >= 0.3 is 5.97 Å². The topological polar surface area (TPSA) is 98.0 Å².